The van der Waals surface area contributed by atoms with Gasteiger partial charge in [0.1, 0.15) is 4.90 Å². The summed E-state index contributed by atoms with van der Waals surface area (Å²) in [7, 11) is -3.50. The zero-order chi connectivity index (χ0) is 14.9. The summed E-state index contributed by atoms with van der Waals surface area (Å²) in [6.07, 6.45) is 3.89. The van der Waals surface area contributed by atoms with Crippen LogP contribution in [0.2, 0.25) is 0 Å². The van der Waals surface area contributed by atoms with Crippen LogP contribution in [0.1, 0.15) is 30.4 Å². The molecule has 0 amide bonds. The predicted molar refractivity (Wildman–Crippen MR) is 82.2 cm³/mol. The molecule has 0 saturated heterocycles. The summed E-state index contributed by atoms with van der Waals surface area (Å²) in [5.74, 6) is 2.69. The van der Waals surface area contributed by atoms with Crippen molar-refractivity contribution in [2.45, 2.75) is 44.0 Å². The van der Waals surface area contributed by atoms with E-state index in [-0.39, 0.29) is 10.9 Å². The molecule has 3 aliphatic rings. The maximum atomic E-state index is 12.6. The van der Waals surface area contributed by atoms with Crippen molar-refractivity contribution in [3.05, 3.63) is 23.3 Å². The maximum absolute atomic E-state index is 12.6. The monoisotopic (exact) mass is 306 g/mol. The molecule has 1 aromatic carbocycles. The van der Waals surface area contributed by atoms with E-state index in [1.54, 1.807) is 12.1 Å². The molecule has 0 radical (unpaired) electrons. The van der Waals surface area contributed by atoms with Gasteiger partial charge in [-0.1, -0.05) is 0 Å². The Morgan fingerprint density at radius 1 is 1.10 bits per heavy atom. The Labute approximate surface area is 126 Å². The van der Waals surface area contributed by atoms with E-state index in [0.29, 0.717) is 17.5 Å². The van der Waals surface area contributed by atoms with Gasteiger partial charge in [0.25, 0.3) is 0 Å². The number of nitrogens with one attached hydrogen (secondary N) is 1. The van der Waals surface area contributed by atoms with Crippen LogP contribution in [0.15, 0.2) is 17.0 Å². The fourth-order valence-electron chi connectivity index (χ4n) is 4.77. The quantitative estimate of drug-likeness (QED) is 0.841. The summed E-state index contributed by atoms with van der Waals surface area (Å²) >= 11 is 0. The van der Waals surface area contributed by atoms with Gasteiger partial charge in [-0.3, -0.25) is 0 Å². The highest BCUT2D eigenvalue weighted by atomic mass is 32.2. The number of hydrogen-bond donors (Lipinski definition) is 2. The third kappa shape index (κ3) is 1.94. The van der Waals surface area contributed by atoms with Gasteiger partial charge in [0, 0.05) is 6.04 Å². The number of sulfonamides is 1. The van der Waals surface area contributed by atoms with Gasteiger partial charge >= 0.3 is 0 Å². The van der Waals surface area contributed by atoms with Crippen LogP contribution in [-0.4, -0.2) is 14.5 Å². The fraction of sp³-hybridized carbons (Fsp3) is 0.625. The van der Waals surface area contributed by atoms with Crippen molar-refractivity contribution in [2.75, 3.05) is 5.73 Å². The Hall–Kier alpha value is -1.07. The lowest BCUT2D eigenvalue weighted by Crippen LogP contribution is -2.30. The van der Waals surface area contributed by atoms with E-state index in [4.69, 9.17) is 5.73 Å². The maximum Gasteiger partial charge on any atom is 0.242 e. The van der Waals surface area contributed by atoms with E-state index in [2.05, 4.69) is 4.72 Å². The molecule has 2 bridgehead atoms. The molecule has 4 nitrogen and oxygen atoms in total. The van der Waals surface area contributed by atoms with Crippen LogP contribution in [0, 0.1) is 37.5 Å². The van der Waals surface area contributed by atoms with Crippen LogP contribution in [-0.2, 0) is 10.0 Å². The molecule has 4 rings (SSSR count). The summed E-state index contributed by atoms with van der Waals surface area (Å²) in [5, 5.41) is 0. The van der Waals surface area contributed by atoms with Crippen LogP contribution in [0.4, 0.5) is 5.69 Å². The Kier molecular flexibility index (Phi) is 2.74. The summed E-state index contributed by atoms with van der Waals surface area (Å²) in [6, 6.07) is 3.60. The summed E-state index contributed by atoms with van der Waals surface area (Å²) in [5.41, 5.74) is 8.26. The predicted octanol–water partition coefficient (Wildman–Crippen LogP) is 2.21. The van der Waals surface area contributed by atoms with Crippen molar-refractivity contribution in [1.29, 1.82) is 0 Å². The van der Waals surface area contributed by atoms with Gasteiger partial charge in [0.2, 0.25) is 10.0 Å². The second-order valence-corrected chi connectivity index (χ2v) is 8.79. The highest BCUT2D eigenvalue weighted by molar-refractivity contribution is 7.89. The van der Waals surface area contributed by atoms with Crippen molar-refractivity contribution in [3.63, 3.8) is 0 Å². The van der Waals surface area contributed by atoms with Gasteiger partial charge in [-0.15, -0.1) is 0 Å². The molecule has 5 heteroatoms. The van der Waals surface area contributed by atoms with Gasteiger partial charge < -0.3 is 5.73 Å². The molecule has 0 spiro atoms. The molecule has 4 unspecified atom stereocenters. The van der Waals surface area contributed by atoms with E-state index in [1.165, 1.54) is 19.3 Å². The number of benzene rings is 1. The zero-order valence-electron chi connectivity index (χ0n) is 12.5. The van der Waals surface area contributed by atoms with Gasteiger partial charge in [0.15, 0.2) is 0 Å². The average Bonchev–Trinajstić information content (AvgIpc) is 2.82. The van der Waals surface area contributed by atoms with Crippen molar-refractivity contribution < 1.29 is 8.42 Å². The third-order valence-corrected chi connectivity index (χ3v) is 7.46. The molecule has 0 heterocycles. The van der Waals surface area contributed by atoms with Crippen LogP contribution in [0.25, 0.3) is 0 Å². The van der Waals surface area contributed by atoms with Crippen molar-refractivity contribution in [2.24, 2.45) is 23.7 Å². The number of nitrogens with two attached hydrogens (primary N) is 1. The lowest BCUT2D eigenvalue weighted by atomic mass is 10.0. The van der Waals surface area contributed by atoms with Gasteiger partial charge in [0.05, 0.1) is 5.69 Å². The molecule has 4 atom stereocenters. The van der Waals surface area contributed by atoms with Gasteiger partial charge in [-0.2, -0.15) is 0 Å². The minimum atomic E-state index is -3.50. The average molecular weight is 306 g/mol. The smallest absolute Gasteiger partial charge is 0.242 e. The van der Waals surface area contributed by atoms with Crippen LogP contribution in [0.5, 0.6) is 0 Å². The van der Waals surface area contributed by atoms with Crippen LogP contribution < -0.4 is 10.5 Å². The normalized spacial score (nSPS) is 36.8. The van der Waals surface area contributed by atoms with Crippen LogP contribution in [0.3, 0.4) is 0 Å². The second kappa shape index (κ2) is 4.23. The van der Waals surface area contributed by atoms with Gasteiger partial charge in [-0.25, -0.2) is 13.1 Å². The third-order valence-electron chi connectivity index (χ3n) is 5.94. The first-order valence-electron chi connectivity index (χ1n) is 7.77. The molecule has 1 aromatic rings. The number of nitrogen functional groups attached to an aromatic ring is 1. The molecular formula is C16H22N2O2S. The lowest BCUT2D eigenvalue weighted by Gasteiger charge is -2.14. The first kappa shape index (κ1) is 13.6. The number of rotatable bonds is 3. The van der Waals surface area contributed by atoms with E-state index >= 15 is 0 Å². The summed E-state index contributed by atoms with van der Waals surface area (Å²) in [4.78, 5) is 0.239. The first-order valence-corrected chi connectivity index (χ1v) is 9.26. The SMILES string of the molecule is Cc1cc(N)c(S(=O)(=O)NC2C3C4CCC(C4)C23)cc1C. The highest BCUT2D eigenvalue weighted by Crippen LogP contribution is 2.65. The second-order valence-electron chi connectivity index (χ2n) is 7.11. The molecule has 21 heavy (non-hydrogen) atoms. The molecule has 3 N–H and O–H groups in total. The molecule has 0 aliphatic heterocycles. The number of anilines is 1. The Morgan fingerprint density at radius 3 is 2.29 bits per heavy atom. The highest BCUT2D eigenvalue weighted by Gasteiger charge is 2.65. The summed E-state index contributed by atoms with van der Waals surface area (Å²) < 4.78 is 28.2. The van der Waals surface area contributed by atoms with Crippen LogP contribution >= 0.6 is 0 Å². The fourth-order valence-corrected chi connectivity index (χ4v) is 6.27. The van der Waals surface area contributed by atoms with E-state index < -0.39 is 10.0 Å². The lowest BCUT2D eigenvalue weighted by molar-refractivity contribution is 0.456. The van der Waals surface area contributed by atoms with Crippen molar-refractivity contribution in [3.8, 4) is 0 Å². The molecule has 114 valence electrons. The molecule has 3 fully saturated rings. The topological polar surface area (TPSA) is 72.2 Å². The largest absolute Gasteiger partial charge is 0.398 e. The van der Waals surface area contributed by atoms with E-state index in [9.17, 15) is 8.42 Å². The number of aryl methyl sites for hydroxylation is 2. The zero-order valence-corrected chi connectivity index (χ0v) is 13.3. The number of hydrogen-bond acceptors (Lipinski definition) is 3. The van der Waals surface area contributed by atoms with Crippen molar-refractivity contribution >= 4 is 15.7 Å². The Balaban J connectivity index is 1.59. The standard InChI is InChI=1S/C16H22N2O2S/c1-8-5-12(17)13(6-9(8)2)21(19,20)18-16-14-10-3-4-11(7-10)15(14)16/h5-6,10-11,14-16,18H,3-4,7,17H2,1-2H3. The van der Waals surface area contributed by atoms with E-state index in [0.717, 1.165) is 23.0 Å². The van der Waals surface area contributed by atoms with Crippen molar-refractivity contribution in [1.82, 2.24) is 4.72 Å². The number of fused-ring (bicyclic) bond motifs is 5. The van der Waals surface area contributed by atoms with Gasteiger partial charge in [-0.05, 0) is 80.0 Å². The first-order chi connectivity index (χ1) is 9.88. The Morgan fingerprint density at radius 2 is 1.67 bits per heavy atom. The molecule has 3 aliphatic carbocycles. The molecular weight excluding hydrogens is 284 g/mol. The molecule has 3 saturated carbocycles. The summed E-state index contributed by atoms with van der Waals surface area (Å²) in [6.45, 7) is 3.86. The Bertz CT molecular complexity index is 697. The van der Waals surface area contributed by atoms with E-state index in [1.807, 2.05) is 13.8 Å². The minimum Gasteiger partial charge on any atom is -0.398 e. The molecule has 0 aromatic heterocycles. The minimum absolute atomic E-state index is 0.155.